The number of aliphatic imine (C=N–C) groups is 1. The van der Waals surface area contributed by atoms with Gasteiger partial charge in [-0.05, 0) is 24.3 Å². The molecule has 7 heteroatoms. The first-order valence-corrected chi connectivity index (χ1v) is 4.31. The average molecular weight is 217 g/mol. The molecule has 0 aliphatic heterocycles. The number of rotatable bonds is 2. The van der Waals surface area contributed by atoms with E-state index in [0.29, 0.717) is 11.3 Å². The van der Waals surface area contributed by atoms with Gasteiger partial charge in [0.1, 0.15) is 0 Å². The van der Waals surface area contributed by atoms with Crippen LogP contribution in [0.15, 0.2) is 34.4 Å². The van der Waals surface area contributed by atoms with Gasteiger partial charge in [0.25, 0.3) is 0 Å². The van der Waals surface area contributed by atoms with Crippen molar-refractivity contribution < 1.29 is 0 Å². The Kier molecular flexibility index (Phi) is 3.69. The monoisotopic (exact) mass is 217 g/mol. The zero-order valence-electron chi connectivity index (χ0n) is 8.38. The van der Waals surface area contributed by atoms with Crippen LogP contribution >= 0.6 is 0 Å². The molecule has 82 valence electrons. The number of hydrazone groups is 1. The summed E-state index contributed by atoms with van der Waals surface area (Å²) in [5.74, 6) is -0.0870. The van der Waals surface area contributed by atoms with Crippen molar-refractivity contribution in [3.8, 4) is 6.07 Å². The van der Waals surface area contributed by atoms with Gasteiger partial charge in [-0.25, -0.2) is 10.4 Å². The lowest BCUT2D eigenvalue weighted by Gasteiger charge is -1.99. The molecule has 0 heterocycles. The lowest BCUT2D eigenvalue weighted by atomic mass is 10.2. The Morgan fingerprint density at radius 3 is 2.31 bits per heavy atom. The minimum absolute atomic E-state index is 0.0538. The Hall–Kier alpha value is -2.75. The standard InChI is InChI=1S/C9H11N7/c10-5-6-1-3-7(4-2-6)14-9(13)16-15-8(11)12/h1-4H,(H4,11,12,15)(H3,13,14,16). The van der Waals surface area contributed by atoms with Crippen LogP contribution in [0.3, 0.4) is 0 Å². The van der Waals surface area contributed by atoms with Crippen LogP contribution in [0.5, 0.6) is 0 Å². The van der Waals surface area contributed by atoms with Crippen molar-refractivity contribution in [2.75, 3.05) is 0 Å². The first kappa shape index (κ1) is 11.3. The molecular formula is C9H11N7. The molecule has 0 aliphatic rings. The fraction of sp³-hybridized carbons (Fsp3) is 0. The molecule has 0 bridgehead atoms. The summed E-state index contributed by atoms with van der Waals surface area (Å²) < 4.78 is 0. The molecule has 7 N–H and O–H groups in total. The van der Waals surface area contributed by atoms with Gasteiger partial charge in [0, 0.05) is 0 Å². The summed E-state index contributed by atoms with van der Waals surface area (Å²) in [7, 11) is 0. The Morgan fingerprint density at radius 1 is 1.19 bits per heavy atom. The van der Waals surface area contributed by atoms with Gasteiger partial charge >= 0.3 is 0 Å². The second-order valence-corrected chi connectivity index (χ2v) is 2.80. The number of benzene rings is 1. The number of hydrogen-bond donors (Lipinski definition) is 4. The van der Waals surface area contributed by atoms with E-state index in [1.165, 1.54) is 0 Å². The van der Waals surface area contributed by atoms with E-state index in [9.17, 15) is 0 Å². The average Bonchev–Trinajstić information content (AvgIpc) is 2.27. The fourth-order valence-corrected chi connectivity index (χ4v) is 0.896. The van der Waals surface area contributed by atoms with E-state index in [-0.39, 0.29) is 11.9 Å². The molecule has 0 saturated heterocycles. The van der Waals surface area contributed by atoms with Crippen LogP contribution in [0.25, 0.3) is 0 Å². The van der Waals surface area contributed by atoms with E-state index in [2.05, 4.69) is 15.5 Å². The minimum atomic E-state index is -0.141. The maximum absolute atomic E-state index is 8.59. The van der Waals surface area contributed by atoms with E-state index < -0.39 is 0 Å². The molecule has 0 radical (unpaired) electrons. The highest BCUT2D eigenvalue weighted by Gasteiger charge is 1.93. The smallest absolute Gasteiger partial charge is 0.214 e. The highest BCUT2D eigenvalue weighted by Crippen LogP contribution is 2.11. The van der Waals surface area contributed by atoms with Crippen LogP contribution < -0.4 is 22.6 Å². The van der Waals surface area contributed by atoms with E-state index >= 15 is 0 Å². The van der Waals surface area contributed by atoms with Crippen LogP contribution in [0.2, 0.25) is 0 Å². The van der Waals surface area contributed by atoms with Crippen molar-refractivity contribution in [1.29, 1.82) is 5.26 Å². The maximum atomic E-state index is 8.59. The van der Waals surface area contributed by atoms with Gasteiger partial charge in [-0.1, -0.05) is 0 Å². The number of nitriles is 1. The molecule has 1 aromatic carbocycles. The normalized spacial score (nSPS) is 10.3. The summed E-state index contributed by atoms with van der Waals surface area (Å²) in [5.41, 5.74) is 19.2. The molecule has 0 aliphatic carbocycles. The van der Waals surface area contributed by atoms with Crippen molar-refractivity contribution in [2.45, 2.75) is 0 Å². The summed E-state index contributed by atoms with van der Waals surface area (Å²) in [6.07, 6.45) is 0. The van der Waals surface area contributed by atoms with Gasteiger partial charge in [-0.15, -0.1) is 5.10 Å². The Morgan fingerprint density at radius 2 is 1.81 bits per heavy atom. The summed E-state index contributed by atoms with van der Waals surface area (Å²) in [4.78, 5) is 3.96. The van der Waals surface area contributed by atoms with Gasteiger partial charge in [-0.2, -0.15) is 5.26 Å². The van der Waals surface area contributed by atoms with Crippen molar-refractivity contribution >= 4 is 17.6 Å². The summed E-state index contributed by atoms with van der Waals surface area (Å²) in [6, 6.07) is 8.57. The van der Waals surface area contributed by atoms with E-state index in [1.54, 1.807) is 24.3 Å². The topological polar surface area (TPSA) is 139 Å². The molecule has 1 aromatic rings. The van der Waals surface area contributed by atoms with E-state index in [0.717, 1.165) is 0 Å². The number of hydrogen-bond acceptors (Lipinski definition) is 3. The predicted molar refractivity (Wildman–Crippen MR) is 61.4 cm³/mol. The molecule has 16 heavy (non-hydrogen) atoms. The lowest BCUT2D eigenvalue weighted by Crippen LogP contribution is -2.32. The second kappa shape index (κ2) is 5.21. The highest BCUT2D eigenvalue weighted by atomic mass is 15.4. The summed E-state index contributed by atoms with van der Waals surface area (Å²) in [6.45, 7) is 0. The molecule has 0 aromatic heterocycles. The van der Waals surface area contributed by atoms with Crippen LogP contribution in [0.4, 0.5) is 5.69 Å². The van der Waals surface area contributed by atoms with Gasteiger partial charge in [-0.3, -0.25) is 0 Å². The molecule has 0 saturated carbocycles. The second-order valence-electron chi connectivity index (χ2n) is 2.80. The highest BCUT2D eigenvalue weighted by molar-refractivity contribution is 5.83. The van der Waals surface area contributed by atoms with E-state index in [1.807, 2.05) is 6.07 Å². The van der Waals surface area contributed by atoms with Gasteiger partial charge in [0.15, 0.2) is 0 Å². The molecule has 0 atom stereocenters. The summed E-state index contributed by atoms with van der Waals surface area (Å²) >= 11 is 0. The Balaban J connectivity index is 2.75. The number of nitrogens with zero attached hydrogens (tertiary/aromatic N) is 3. The molecule has 0 fully saturated rings. The molecule has 0 unspecified atom stereocenters. The number of nitrogens with one attached hydrogen (secondary N) is 1. The number of nitrogens with two attached hydrogens (primary N) is 3. The van der Waals surface area contributed by atoms with Crippen LogP contribution in [-0.2, 0) is 0 Å². The zero-order chi connectivity index (χ0) is 12.0. The minimum Gasteiger partial charge on any atom is -0.369 e. The molecule has 0 amide bonds. The largest absolute Gasteiger partial charge is 0.369 e. The van der Waals surface area contributed by atoms with Gasteiger partial charge in [0.2, 0.25) is 11.9 Å². The third-order valence-electron chi connectivity index (χ3n) is 1.55. The third-order valence-corrected chi connectivity index (χ3v) is 1.55. The third kappa shape index (κ3) is 3.55. The van der Waals surface area contributed by atoms with Crippen molar-refractivity contribution in [2.24, 2.45) is 27.3 Å². The van der Waals surface area contributed by atoms with Crippen molar-refractivity contribution in [3.05, 3.63) is 29.8 Å². The fourth-order valence-electron chi connectivity index (χ4n) is 0.896. The summed E-state index contributed by atoms with van der Waals surface area (Å²) in [5, 5.41) is 12.1. The quantitative estimate of drug-likeness (QED) is 0.294. The SMILES string of the molecule is N#Cc1ccc(N=C(N)NN=C(N)N)cc1. The maximum Gasteiger partial charge on any atom is 0.214 e. The van der Waals surface area contributed by atoms with Crippen molar-refractivity contribution in [1.82, 2.24) is 5.43 Å². The van der Waals surface area contributed by atoms with Crippen molar-refractivity contribution in [3.63, 3.8) is 0 Å². The molecule has 0 spiro atoms. The predicted octanol–water partition coefficient (Wildman–Crippen LogP) is -0.718. The number of guanidine groups is 2. The first-order chi connectivity index (χ1) is 7.61. The molecular weight excluding hydrogens is 206 g/mol. The zero-order valence-corrected chi connectivity index (χ0v) is 8.38. The Bertz CT molecular complexity index is 448. The molecule has 7 nitrogen and oxygen atoms in total. The van der Waals surface area contributed by atoms with Gasteiger partial charge < -0.3 is 17.2 Å². The first-order valence-electron chi connectivity index (χ1n) is 4.31. The van der Waals surface area contributed by atoms with Crippen LogP contribution in [0.1, 0.15) is 5.56 Å². The molecule has 1 rings (SSSR count). The van der Waals surface area contributed by atoms with Crippen LogP contribution in [-0.4, -0.2) is 11.9 Å². The van der Waals surface area contributed by atoms with Crippen LogP contribution in [0, 0.1) is 11.3 Å². The van der Waals surface area contributed by atoms with Gasteiger partial charge in [0.05, 0.1) is 17.3 Å². The van der Waals surface area contributed by atoms with E-state index in [4.69, 9.17) is 22.5 Å². The lowest BCUT2D eigenvalue weighted by molar-refractivity contribution is 0.994. The Labute approximate surface area is 92.2 Å².